The van der Waals surface area contributed by atoms with E-state index in [9.17, 15) is 18.3 Å². The Bertz CT molecular complexity index is 884. The molecule has 1 heterocycles. The summed E-state index contributed by atoms with van der Waals surface area (Å²) in [7, 11) is -3.40. The minimum Gasteiger partial charge on any atom is -0.489 e. The molecule has 2 aromatic carbocycles. The number of amides is 1. The summed E-state index contributed by atoms with van der Waals surface area (Å²) in [5, 5.41) is 12.7. The first-order valence-corrected chi connectivity index (χ1v) is 10.4. The van der Waals surface area contributed by atoms with Crippen molar-refractivity contribution in [2.75, 3.05) is 19.3 Å². The van der Waals surface area contributed by atoms with Crippen LogP contribution in [0.5, 0.6) is 5.75 Å². The Morgan fingerprint density at radius 2 is 1.81 bits per heavy atom. The summed E-state index contributed by atoms with van der Waals surface area (Å²) in [6.07, 6.45) is 0.148. The molecule has 144 valence electrons. The van der Waals surface area contributed by atoms with Crippen LogP contribution in [0, 0.1) is 0 Å². The SMILES string of the molecule is CS(=O)(=O)N1C[C@@H](O)[C@H](NC(=O)c2ccc(OCc3ccccc3)cc2)C1. The molecular weight excluding hydrogens is 368 g/mol. The lowest BCUT2D eigenvalue weighted by Crippen LogP contribution is -2.43. The Kier molecular flexibility index (Phi) is 5.79. The third kappa shape index (κ3) is 5.06. The van der Waals surface area contributed by atoms with Crippen LogP contribution in [0.4, 0.5) is 0 Å². The van der Waals surface area contributed by atoms with E-state index in [0.717, 1.165) is 16.1 Å². The zero-order valence-corrected chi connectivity index (χ0v) is 15.7. The summed E-state index contributed by atoms with van der Waals surface area (Å²) >= 11 is 0. The number of nitrogens with zero attached hydrogens (tertiary/aromatic N) is 1. The van der Waals surface area contributed by atoms with Crippen molar-refractivity contribution in [3.05, 3.63) is 65.7 Å². The number of carbonyl (C=O) groups is 1. The van der Waals surface area contributed by atoms with Crippen LogP contribution in [-0.4, -0.2) is 55.2 Å². The minimum absolute atomic E-state index is 0.0178. The third-order valence-corrected chi connectivity index (χ3v) is 5.64. The van der Waals surface area contributed by atoms with Gasteiger partial charge in [0.05, 0.1) is 18.4 Å². The average molecular weight is 390 g/mol. The van der Waals surface area contributed by atoms with Crippen LogP contribution in [0.15, 0.2) is 54.6 Å². The predicted octanol–water partition coefficient (Wildman–Crippen LogP) is 1.00. The van der Waals surface area contributed by atoms with Crippen LogP contribution >= 0.6 is 0 Å². The second kappa shape index (κ2) is 8.08. The molecular formula is C19H22N2O5S. The number of ether oxygens (including phenoxy) is 1. The number of nitrogens with one attached hydrogen (secondary N) is 1. The molecule has 0 unspecified atom stereocenters. The Labute approximate surface area is 158 Å². The van der Waals surface area contributed by atoms with E-state index in [4.69, 9.17) is 4.74 Å². The number of carbonyl (C=O) groups excluding carboxylic acids is 1. The van der Waals surface area contributed by atoms with Gasteiger partial charge < -0.3 is 15.2 Å². The van der Waals surface area contributed by atoms with E-state index < -0.39 is 22.2 Å². The highest BCUT2D eigenvalue weighted by atomic mass is 32.2. The maximum atomic E-state index is 12.4. The monoisotopic (exact) mass is 390 g/mol. The van der Waals surface area contributed by atoms with Crippen LogP contribution in [0.1, 0.15) is 15.9 Å². The highest BCUT2D eigenvalue weighted by Gasteiger charge is 2.36. The van der Waals surface area contributed by atoms with Crippen molar-refractivity contribution in [1.29, 1.82) is 0 Å². The number of sulfonamides is 1. The molecule has 7 nitrogen and oxygen atoms in total. The summed E-state index contributed by atoms with van der Waals surface area (Å²) in [5.74, 6) is 0.267. The quantitative estimate of drug-likeness (QED) is 0.767. The Morgan fingerprint density at radius 3 is 2.41 bits per heavy atom. The molecule has 1 aliphatic rings. The predicted molar refractivity (Wildman–Crippen MR) is 101 cm³/mol. The lowest BCUT2D eigenvalue weighted by molar-refractivity contribution is 0.0888. The van der Waals surface area contributed by atoms with Crippen molar-refractivity contribution in [3.63, 3.8) is 0 Å². The zero-order valence-electron chi connectivity index (χ0n) is 14.9. The molecule has 2 atom stereocenters. The van der Waals surface area contributed by atoms with Gasteiger partial charge in [0.1, 0.15) is 12.4 Å². The van der Waals surface area contributed by atoms with Crippen molar-refractivity contribution < 1.29 is 23.1 Å². The number of rotatable bonds is 6. The van der Waals surface area contributed by atoms with E-state index >= 15 is 0 Å². The first-order chi connectivity index (χ1) is 12.8. The maximum Gasteiger partial charge on any atom is 0.251 e. The smallest absolute Gasteiger partial charge is 0.251 e. The fourth-order valence-corrected chi connectivity index (χ4v) is 3.71. The van der Waals surface area contributed by atoms with Gasteiger partial charge in [0.15, 0.2) is 0 Å². The second-order valence-corrected chi connectivity index (χ2v) is 8.51. The number of β-amino-alcohol motifs (C(OH)–C–C–N with tert-alkyl or cyclic N) is 1. The van der Waals surface area contributed by atoms with Crippen molar-refractivity contribution >= 4 is 15.9 Å². The zero-order chi connectivity index (χ0) is 19.4. The molecule has 3 rings (SSSR count). The van der Waals surface area contributed by atoms with Crippen molar-refractivity contribution in [2.45, 2.75) is 18.8 Å². The number of aliphatic hydroxyl groups is 1. The maximum absolute atomic E-state index is 12.4. The normalized spacial score (nSPS) is 20.4. The molecule has 1 aliphatic heterocycles. The summed E-state index contributed by atoms with van der Waals surface area (Å²) in [4.78, 5) is 12.4. The fourth-order valence-electron chi connectivity index (χ4n) is 2.86. The Balaban J connectivity index is 1.56. The van der Waals surface area contributed by atoms with Crippen LogP contribution in [0.3, 0.4) is 0 Å². The molecule has 0 radical (unpaired) electrons. The first-order valence-electron chi connectivity index (χ1n) is 8.54. The van der Waals surface area contributed by atoms with E-state index in [-0.39, 0.29) is 19.0 Å². The minimum atomic E-state index is -3.40. The highest BCUT2D eigenvalue weighted by molar-refractivity contribution is 7.88. The summed E-state index contributed by atoms with van der Waals surface area (Å²) in [6.45, 7) is 0.474. The number of hydrogen-bond donors (Lipinski definition) is 2. The summed E-state index contributed by atoms with van der Waals surface area (Å²) in [5.41, 5.74) is 1.46. The van der Waals surface area contributed by atoms with Crippen molar-refractivity contribution in [1.82, 2.24) is 9.62 Å². The van der Waals surface area contributed by atoms with Gasteiger partial charge in [-0.05, 0) is 29.8 Å². The fraction of sp³-hybridized carbons (Fsp3) is 0.316. The third-order valence-electron chi connectivity index (χ3n) is 4.41. The van der Waals surface area contributed by atoms with E-state index in [1.54, 1.807) is 24.3 Å². The molecule has 0 aliphatic carbocycles. The molecule has 8 heteroatoms. The van der Waals surface area contributed by atoms with Crippen LogP contribution in [-0.2, 0) is 16.6 Å². The number of hydrogen-bond acceptors (Lipinski definition) is 5. The van der Waals surface area contributed by atoms with Gasteiger partial charge in [0, 0.05) is 18.7 Å². The molecule has 1 amide bonds. The molecule has 0 spiro atoms. The van der Waals surface area contributed by atoms with Gasteiger partial charge >= 0.3 is 0 Å². The summed E-state index contributed by atoms with van der Waals surface area (Å²) in [6, 6.07) is 15.8. The topological polar surface area (TPSA) is 95.9 Å². The van der Waals surface area contributed by atoms with Gasteiger partial charge in [-0.15, -0.1) is 0 Å². The van der Waals surface area contributed by atoms with E-state index in [1.165, 1.54) is 0 Å². The van der Waals surface area contributed by atoms with E-state index in [0.29, 0.717) is 17.9 Å². The van der Waals surface area contributed by atoms with Gasteiger partial charge in [0.2, 0.25) is 10.0 Å². The lowest BCUT2D eigenvalue weighted by Gasteiger charge is -2.16. The molecule has 1 fully saturated rings. The number of aliphatic hydroxyl groups excluding tert-OH is 1. The van der Waals surface area contributed by atoms with Crippen LogP contribution in [0.25, 0.3) is 0 Å². The second-order valence-electron chi connectivity index (χ2n) is 6.53. The van der Waals surface area contributed by atoms with Crippen molar-refractivity contribution in [2.24, 2.45) is 0 Å². The van der Waals surface area contributed by atoms with Gasteiger partial charge in [-0.3, -0.25) is 4.79 Å². The number of benzene rings is 2. The molecule has 2 N–H and O–H groups in total. The van der Waals surface area contributed by atoms with E-state index in [2.05, 4.69) is 5.32 Å². The van der Waals surface area contributed by atoms with E-state index in [1.807, 2.05) is 30.3 Å². The average Bonchev–Trinajstić information content (AvgIpc) is 3.02. The lowest BCUT2D eigenvalue weighted by atomic mass is 10.1. The van der Waals surface area contributed by atoms with Gasteiger partial charge in [0.25, 0.3) is 5.91 Å². The largest absolute Gasteiger partial charge is 0.489 e. The van der Waals surface area contributed by atoms with Crippen molar-refractivity contribution in [3.8, 4) is 5.75 Å². The van der Waals surface area contributed by atoms with Crippen LogP contribution < -0.4 is 10.1 Å². The van der Waals surface area contributed by atoms with Gasteiger partial charge in [-0.1, -0.05) is 30.3 Å². The molecule has 2 aromatic rings. The molecule has 27 heavy (non-hydrogen) atoms. The molecule has 0 bridgehead atoms. The molecule has 0 saturated carbocycles. The molecule has 0 aromatic heterocycles. The Hall–Kier alpha value is -2.42. The summed E-state index contributed by atoms with van der Waals surface area (Å²) < 4.78 is 30.0. The Morgan fingerprint density at radius 1 is 1.15 bits per heavy atom. The highest BCUT2D eigenvalue weighted by Crippen LogP contribution is 2.17. The first kappa shape index (κ1) is 19.3. The van der Waals surface area contributed by atoms with Crippen LogP contribution in [0.2, 0.25) is 0 Å². The standard InChI is InChI=1S/C19H22N2O5S/c1-27(24,25)21-11-17(18(22)12-21)20-19(23)15-7-9-16(10-8-15)26-13-14-5-3-2-4-6-14/h2-10,17-18,22H,11-13H2,1H3,(H,20,23)/t17-,18-/m1/s1. The van der Waals surface area contributed by atoms with Gasteiger partial charge in [-0.2, -0.15) is 4.31 Å². The molecule has 1 saturated heterocycles. The van der Waals surface area contributed by atoms with Gasteiger partial charge in [-0.25, -0.2) is 8.42 Å².